The van der Waals surface area contributed by atoms with Gasteiger partial charge in [0, 0.05) is 26.1 Å². The fourth-order valence-electron chi connectivity index (χ4n) is 2.66. The molecular weight excluding hydrogens is 300 g/mol. The van der Waals surface area contributed by atoms with Crippen LogP contribution in [0.1, 0.15) is 17.5 Å². The Morgan fingerprint density at radius 1 is 1.00 bits per heavy atom. The molecule has 4 nitrogen and oxygen atoms in total. The van der Waals surface area contributed by atoms with E-state index >= 15 is 0 Å². The Morgan fingerprint density at radius 3 is 2.46 bits per heavy atom. The van der Waals surface area contributed by atoms with E-state index in [4.69, 9.17) is 10.5 Å². The van der Waals surface area contributed by atoms with Crippen molar-refractivity contribution in [2.24, 2.45) is 5.73 Å². The van der Waals surface area contributed by atoms with Crippen molar-refractivity contribution in [2.45, 2.75) is 19.3 Å². The predicted octanol–water partition coefficient (Wildman–Crippen LogP) is 2.66. The van der Waals surface area contributed by atoms with Gasteiger partial charge in [-0.05, 0) is 36.1 Å². The first-order valence-corrected chi connectivity index (χ1v) is 8.37. The number of hydrogen-bond acceptors (Lipinski definition) is 3. The maximum atomic E-state index is 12.5. The molecule has 0 fully saturated rings. The van der Waals surface area contributed by atoms with Gasteiger partial charge in [0.05, 0.1) is 7.11 Å². The molecule has 4 heteroatoms. The van der Waals surface area contributed by atoms with Crippen molar-refractivity contribution in [3.63, 3.8) is 0 Å². The van der Waals surface area contributed by atoms with Gasteiger partial charge >= 0.3 is 0 Å². The molecule has 2 N–H and O–H groups in total. The molecule has 2 aromatic carbocycles. The SMILES string of the molecule is COc1cccc(CCC(=O)N(CCN)CCc2ccccc2)c1. The quantitative estimate of drug-likeness (QED) is 0.771. The molecule has 0 saturated heterocycles. The van der Waals surface area contributed by atoms with Gasteiger partial charge in [-0.1, -0.05) is 42.5 Å². The van der Waals surface area contributed by atoms with Crippen molar-refractivity contribution in [3.05, 3.63) is 65.7 Å². The van der Waals surface area contributed by atoms with Crippen LogP contribution in [-0.2, 0) is 17.6 Å². The topological polar surface area (TPSA) is 55.6 Å². The third kappa shape index (κ3) is 5.70. The Balaban J connectivity index is 1.88. The van der Waals surface area contributed by atoms with Gasteiger partial charge in [0.15, 0.2) is 0 Å². The van der Waals surface area contributed by atoms with Crippen LogP contribution < -0.4 is 10.5 Å². The van der Waals surface area contributed by atoms with Gasteiger partial charge in [-0.2, -0.15) is 0 Å². The summed E-state index contributed by atoms with van der Waals surface area (Å²) in [5.74, 6) is 0.974. The average molecular weight is 326 g/mol. The lowest BCUT2D eigenvalue weighted by Gasteiger charge is -2.22. The van der Waals surface area contributed by atoms with Crippen molar-refractivity contribution in [1.29, 1.82) is 0 Å². The Kier molecular flexibility index (Phi) is 7.30. The van der Waals surface area contributed by atoms with E-state index in [1.165, 1.54) is 5.56 Å². The van der Waals surface area contributed by atoms with E-state index < -0.39 is 0 Å². The molecule has 0 aliphatic carbocycles. The second-order valence-electron chi connectivity index (χ2n) is 5.76. The summed E-state index contributed by atoms with van der Waals surface area (Å²) < 4.78 is 5.22. The van der Waals surface area contributed by atoms with Gasteiger partial charge in [-0.3, -0.25) is 4.79 Å². The van der Waals surface area contributed by atoms with E-state index in [0.29, 0.717) is 32.5 Å². The first kappa shape index (κ1) is 18.0. The summed E-state index contributed by atoms with van der Waals surface area (Å²) in [5.41, 5.74) is 8.02. The second kappa shape index (κ2) is 9.73. The molecule has 0 atom stereocenters. The Bertz CT molecular complexity index is 629. The van der Waals surface area contributed by atoms with Crippen LogP contribution in [0.5, 0.6) is 5.75 Å². The van der Waals surface area contributed by atoms with Crippen LogP contribution in [0.2, 0.25) is 0 Å². The molecule has 0 aliphatic rings. The molecule has 0 aromatic heterocycles. The zero-order valence-corrected chi connectivity index (χ0v) is 14.3. The number of rotatable bonds is 9. The number of methoxy groups -OCH3 is 1. The number of carbonyl (C=O) groups excluding carboxylic acids is 1. The second-order valence-corrected chi connectivity index (χ2v) is 5.76. The van der Waals surface area contributed by atoms with Crippen molar-refractivity contribution in [1.82, 2.24) is 4.90 Å². The maximum absolute atomic E-state index is 12.5. The third-order valence-electron chi connectivity index (χ3n) is 4.03. The smallest absolute Gasteiger partial charge is 0.222 e. The summed E-state index contributed by atoms with van der Waals surface area (Å²) in [5, 5.41) is 0. The number of ether oxygens (including phenoxy) is 1. The molecule has 0 unspecified atom stereocenters. The van der Waals surface area contributed by atoms with Crippen LogP contribution in [-0.4, -0.2) is 37.6 Å². The van der Waals surface area contributed by atoms with Crippen molar-refractivity contribution in [2.75, 3.05) is 26.7 Å². The highest BCUT2D eigenvalue weighted by molar-refractivity contribution is 5.76. The van der Waals surface area contributed by atoms with Gasteiger partial charge in [-0.15, -0.1) is 0 Å². The summed E-state index contributed by atoms with van der Waals surface area (Å²) in [4.78, 5) is 14.4. The third-order valence-corrected chi connectivity index (χ3v) is 4.03. The largest absolute Gasteiger partial charge is 0.497 e. The molecule has 24 heavy (non-hydrogen) atoms. The minimum absolute atomic E-state index is 0.152. The summed E-state index contributed by atoms with van der Waals surface area (Å²) in [6, 6.07) is 18.1. The molecule has 2 rings (SSSR count). The minimum atomic E-state index is 0.152. The molecule has 0 heterocycles. The van der Waals surface area contributed by atoms with E-state index in [0.717, 1.165) is 17.7 Å². The van der Waals surface area contributed by atoms with Gasteiger partial charge in [0.25, 0.3) is 0 Å². The molecule has 128 valence electrons. The number of nitrogens with two attached hydrogens (primary N) is 1. The van der Waals surface area contributed by atoms with Crippen LogP contribution in [0.4, 0.5) is 0 Å². The number of carbonyl (C=O) groups is 1. The fraction of sp³-hybridized carbons (Fsp3) is 0.350. The van der Waals surface area contributed by atoms with Gasteiger partial charge in [0.2, 0.25) is 5.91 Å². The van der Waals surface area contributed by atoms with E-state index in [1.807, 2.05) is 47.4 Å². The number of hydrogen-bond donors (Lipinski definition) is 1. The van der Waals surface area contributed by atoms with Crippen LogP contribution in [0.15, 0.2) is 54.6 Å². The highest BCUT2D eigenvalue weighted by Gasteiger charge is 2.13. The average Bonchev–Trinajstić information content (AvgIpc) is 2.64. The number of amides is 1. The van der Waals surface area contributed by atoms with Gasteiger partial charge < -0.3 is 15.4 Å². The summed E-state index contributed by atoms with van der Waals surface area (Å²) in [7, 11) is 1.65. The molecular formula is C20H26N2O2. The van der Waals surface area contributed by atoms with Crippen molar-refractivity contribution >= 4 is 5.91 Å². The van der Waals surface area contributed by atoms with Gasteiger partial charge in [0.1, 0.15) is 5.75 Å². The van der Waals surface area contributed by atoms with Gasteiger partial charge in [-0.25, -0.2) is 0 Å². The first-order chi connectivity index (χ1) is 11.7. The maximum Gasteiger partial charge on any atom is 0.222 e. The standard InChI is InChI=1S/C20H26N2O2/c1-24-19-9-5-8-18(16-19)10-11-20(23)22(15-13-21)14-12-17-6-3-2-4-7-17/h2-9,16H,10-15,21H2,1H3. The molecule has 2 aromatic rings. The Hall–Kier alpha value is -2.33. The van der Waals surface area contributed by atoms with E-state index in [1.54, 1.807) is 7.11 Å². The van der Waals surface area contributed by atoms with Crippen molar-refractivity contribution in [3.8, 4) is 5.75 Å². The van der Waals surface area contributed by atoms with E-state index in [9.17, 15) is 4.79 Å². The predicted molar refractivity (Wildman–Crippen MR) is 97.1 cm³/mol. The van der Waals surface area contributed by atoms with Crippen LogP contribution >= 0.6 is 0 Å². The lowest BCUT2D eigenvalue weighted by atomic mass is 10.1. The van der Waals surface area contributed by atoms with Crippen molar-refractivity contribution < 1.29 is 9.53 Å². The van der Waals surface area contributed by atoms with Crippen LogP contribution in [0.25, 0.3) is 0 Å². The van der Waals surface area contributed by atoms with Crippen LogP contribution in [0, 0.1) is 0 Å². The molecule has 1 amide bonds. The molecule has 0 aliphatic heterocycles. The number of benzene rings is 2. The Labute approximate surface area is 144 Å². The molecule has 0 bridgehead atoms. The highest BCUT2D eigenvalue weighted by Crippen LogP contribution is 2.14. The fourth-order valence-corrected chi connectivity index (χ4v) is 2.66. The summed E-state index contributed by atoms with van der Waals surface area (Å²) in [6.07, 6.45) is 2.05. The normalized spacial score (nSPS) is 10.4. The monoisotopic (exact) mass is 326 g/mol. The summed E-state index contributed by atoms with van der Waals surface area (Å²) >= 11 is 0. The number of aryl methyl sites for hydroxylation is 1. The zero-order valence-electron chi connectivity index (χ0n) is 14.3. The molecule has 0 saturated carbocycles. The zero-order chi connectivity index (χ0) is 17.2. The lowest BCUT2D eigenvalue weighted by molar-refractivity contribution is -0.131. The summed E-state index contributed by atoms with van der Waals surface area (Å²) in [6.45, 7) is 1.79. The first-order valence-electron chi connectivity index (χ1n) is 8.37. The lowest BCUT2D eigenvalue weighted by Crippen LogP contribution is -2.37. The Morgan fingerprint density at radius 2 is 1.75 bits per heavy atom. The van der Waals surface area contributed by atoms with Crippen LogP contribution in [0.3, 0.4) is 0 Å². The van der Waals surface area contributed by atoms with E-state index in [-0.39, 0.29) is 5.91 Å². The highest BCUT2D eigenvalue weighted by atomic mass is 16.5. The molecule has 0 radical (unpaired) electrons. The van der Waals surface area contributed by atoms with E-state index in [2.05, 4.69) is 12.1 Å². The minimum Gasteiger partial charge on any atom is -0.497 e. The molecule has 0 spiro atoms. The number of nitrogens with zero attached hydrogens (tertiary/aromatic N) is 1.